The van der Waals surface area contributed by atoms with Crippen LogP contribution < -0.4 is 0 Å². The third kappa shape index (κ3) is 6.73. The fourth-order valence-corrected chi connectivity index (χ4v) is 0.222. The molecular weight excluding hydrogens is 204 g/mol. The van der Waals surface area contributed by atoms with Crippen molar-refractivity contribution in [3.63, 3.8) is 0 Å². The van der Waals surface area contributed by atoms with E-state index in [1.165, 1.54) is 6.29 Å². The number of hydrogen-bond acceptors (Lipinski definition) is 2. The van der Waals surface area contributed by atoms with Crippen LogP contribution >= 0.6 is 11.6 Å². The fraction of sp³-hybridized carbons (Fsp3) is 0.500. The van der Waals surface area contributed by atoms with Crippen molar-refractivity contribution >= 4 is 23.7 Å². The molecule has 0 aliphatic heterocycles. The summed E-state index contributed by atoms with van der Waals surface area (Å²) in [5, 5.41) is 0. The van der Waals surface area contributed by atoms with Gasteiger partial charge in [-0.3, -0.25) is 6.29 Å². The Morgan fingerprint density at radius 1 is 1.62 bits per heavy atom. The fourth-order valence-electron chi connectivity index (χ4n) is 0.128. The van der Waals surface area contributed by atoms with E-state index in [-0.39, 0.29) is 50.8 Å². The molecule has 43 valence electrons. The molecule has 0 amide bonds. The normalized spacial score (nSPS) is 7.12. The SMILES string of the molecule is O=[C-]CC(=O)CCl.[Y]. The second kappa shape index (κ2) is 7.73. The molecule has 0 unspecified atom stereocenters. The number of alkyl halides is 1. The molecule has 8 heavy (non-hydrogen) atoms. The third-order valence-corrected chi connectivity index (χ3v) is 0.716. The summed E-state index contributed by atoms with van der Waals surface area (Å²) in [5.41, 5.74) is 0. The number of carbonyl (C=O) groups excluding carboxylic acids is 2. The number of hydrogen-bond donors (Lipinski definition) is 0. The van der Waals surface area contributed by atoms with Gasteiger partial charge < -0.3 is 9.59 Å². The Balaban J connectivity index is 0. The van der Waals surface area contributed by atoms with E-state index in [0.717, 1.165) is 0 Å². The topological polar surface area (TPSA) is 34.1 Å². The molecular formula is C4H4ClO2Y-. The number of ketones is 1. The van der Waals surface area contributed by atoms with Gasteiger partial charge in [0.05, 0.1) is 5.88 Å². The maximum Gasteiger partial charge on any atom is 0.121 e. The Hall–Kier alpha value is 0.734. The number of Topliss-reactive ketones (excluding diaryl/α,β-unsaturated/α-hetero) is 1. The minimum absolute atomic E-state index is 0. The zero-order chi connectivity index (χ0) is 5.70. The van der Waals surface area contributed by atoms with E-state index < -0.39 is 0 Å². The van der Waals surface area contributed by atoms with Gasteiger partial charge in [0.15, 0.2) is 0 Å². The summed E-state index contributed by atoms with van der Waals surface area (Å²) >= 11 is 5.00. The second-order valence-corrected chi connectivity index (χ2v) is 1.26. The van der Waals surface area contributed by atoms with Gasteiger partial charge >= 0.3 is 0 Å². The number of halogens is 1. The van der Waals surface area contributed by atoms with Crippen LogP contribution in [0.15, 0.2) is 0 Å². The molecule has 0 aliphatic carbocycles. The zero-order valence-electron chi connectivity index (χ0n) is 4.19. The third-order valence-electron chi connectivity index (χ3n) is 0.418. The van der Waals surface area contributed by atoms with E-state index in [1.807, 2.05) is 0 Å². The second-order valence-electron chi connectivity index (χ2n) is 0.993. The Morgan fingerprint density at radius 2 is 2.12 bits per heavy atom. The van der Waals surface area contributed by atoms with Gasteiger partial charge in [-0.05, 0) is 0 Å². The summed E-state index contributed by atoms with van der Waals surface area (Å²) in [6.07, 6.45) is 1.26. The molecule has 0 aromatic heterocycles. The first-order chi connectivity index (χ1) is 3.31. The van der Waals surface area contributed by atoms with Gasteiger partial charge in [0.2, 0.25) is 0 Å². The summed E-state index contributed by atoms with van der Waals surface area (Å²) in [4.78, 5) is 19.4. The van der Waals surface area contributed by atoms with Crippen molar-refractivity contribution in [3.05, 3.63) is 0 Å². The van der Waals surface area contributed by atoms with Crippen molar-refractivity contribution < 1.29 is 42.3 Å². The van der Waals surface area contributed by atoms with E-state index in [9.17, 15) is 9.59 Å². The molecule has 0 spiro atoms. The molecule has 4 heteroatoms. The van der Waals surface area contributed by atoms with Crippen LogP contribution in [0, 0.1) is 0 Å². The van der Waals surface area contributed by atoms with Crippen LogP contribution in [0.4, 0.5) is 0 Å². The van der Waals surface area contributed by atoms with E-state index in [0.29, 0.717) is 0 Å². The van der Waals surface area contributed by atoms with Gasteiger partial charge in [-0.25, -0.2) is 0 Å². The zero-order valence-corrected chi connectivity index (χ0v) is 7.78. The molecule has 0 saturated heterocycles. The predicted molar refractivity (Wildman–Crippen MR) is 26.0 cm³/mol. The molecule has 0 N–H and O–H groups in total. The first-order valence-electron chi connectivity index (χ1n) is 1.74. The maximum absolute atomic E-state index is 10.0. The molecule has 0 aromatic carbocycles. The molecule has 0 aliphatic rings. The van der Waals surface area contributed by atoms with Crippen LogP contribution in [0.2, 0.25) is 0 Å². The maximum atomic E-state index is 10.0. The van der Waals surface area contributed by atoms with Gasteiger partial charge in [0, 0.05) is 32.7 Å². The van der Waals surface area contributed by atoms with Crippen LogP contribution in [-0.2, 0) is 42.3 Å². The van der Waals surface area contributed by atoms with Crippen LogP contribution in [0.5, 0.6) is 0 Å². The quantitative estimate of drug-likeness (QED) is 0.380. The monoisotopic (exact) mass is 208 g/mol. The Kier molecular flexibility index (Phi) is 11.1. The molecule has 0 aromatic rings. The summed E-state index contributed by atoms with van der Waals surface area (Å²) in [6.45, 7) is 0. The minimum atomic E-state index is -0.281. The summed E-state index contributed by atoms with van der Waals surface area (Å²) in [5.74, 6) is -0.369. The van der Waals surface area contributed by atoms with Crippen molar-refractivity contribution in [2.75, 3.05) is 5.88 Å². The summed E-state index contributed by atoms with van der Waals surface area (Å²) in [6, 6.07) is 0. The molecule has 0 rings (SSSR count). The minimum Gasteiger partial charge on any atom is -0.541 e. The average molecular weight is 208 g/mol. The van der Waals surface area contributed by atoms with Crippen LogP contribution in [-0.4, -0.2) is 17.9 Å². The largest absolute Gasteiger partial charge is 0.541 e. The van der Waals surface area contributed by atoms with Crippen LogP contribution in [0.1, 0.15) is 6.42 Å². The Bertz CT molecular complexity index is 84.1. The standard InChI is InChI=1S/C4H4ClO2.Y/c5-3-4(7)1-2-6;/h1,3H2;/q-1;. The summed E-state index contributed by atoms with van der Waals surface area (Å²) < 4.78 is 0. The van der Waals surface area contributed by atoms with Gasteiger partial charge in [-0.1, -0.05) is 6.42 Å². The molecule has 0 bridgehead atoms. The van der Waals surface area contributed by atoms with Gasteiger partial charge in [-0.15, -0.1) is 11.6 Å². The smallest absolute Gasteiger partial charge is 0.121 e. The first kappa shape index (κ1) is 11.5. The van der Waals surface area contributed by atoms with Crippen LogP contribution in [0.3, 0.4) is 0 Å². The Labute approximate surface area is 77.8 Å². The van der Waals surface area contributed by atoms with Crippen molar-refractivity contribution in [1.82, 2.24) is 0 Å². The molecule has 0 atom stereocenters. The molecule has 1 radical (unpaired) electrons. The van der Waals surface area contributed by atoms with Crippen molar-refractivity contribution in [2.24, 2.45) is 0 Å². The number of rotatable bonds is 3. The van der Waals surface area contributed by atoms with Gasteiger partial charge in [0.25, 0.3) is 0 Å². The molecule has 0 heterocycles. The Morgan fingerprint density at radius 3 is 2.25 bits per heavy atom. The molecule has 0 fully saturated rings. The first-order valence-corrected chi connectivity index (χ1v) is 2.27. The van der Waals surface area contributed by atoms with E-state index in [4.69, 9.17) is 11.6 Å². The van der Waals surface area contributed by atoms with Gasteiger partial charge in [-0.2, -0.15) is 0 Å². The van der Waals surface area contributed by atoms with E-state index in [2.05, 4.69) is 0 Å². The summed E-state index contributed by atoms with van der Waals surface area (Å²) in [7, 11) is 0. The van der Waals surface area contributed by atoms with Crippen molar-refractivity contribution in [2.45, 2.75) is 6.42 Å². The average Bonchev–Trinajstić information content (AvgIpc) is 1.68. The predicted octanol–water partition coefficient (Wildman–Crippen LogP) is 0.292. The number of carbonyl (C=O) groups is 1. The molecule has 0 saturated carbocycles. The van der Waals surface area contributed by atoms with Crippen molar-refractivity contribution in [3.8, 4) is 0 Å². The van der Waals surface area contributed by atoms with Crippen molar-refractivity contribution in [1.29, 1.82) is 0 Å². The van der Waals surface area contributed by atoms with E-state index >= 15 is 0 Å². The van der Waals surface area contributed by atoms with Gasteiger partial charge in [0.1, 0.15) is 5.78 Å². The molecule has 2 nitrogen and oxygen atoms in total. The van der Waals surface area contributed by atoms with Crippen LogP contribution in [0.25, 0.3) is 0 Å². The van der Waals surface area contributed by atoms with E-state index in [1.54, 1.807) is 0 Å².